The molecule has 1 rings (SSSR count). The van der Waals surface area contributed by atoms with Gasteiger partial charge in [0.05, 0.1) is 5.75 Å². The van der Waals surface area contributed by atoms with E-state index in [1.54, 1.807) is 12.1 Å². The van der Waals surface area contributed by atoms with Gasteiger partial charge in [-0.1, -0.05) is 20.3 Å². The van der Waals surface area contributed by atoms with E-state index < -0.39 is 10.8 Å². The topological polar surface area (TPSA) is 47.3 Å². The van der Waals surface area contributed by atoms with Crippen LogP contribution >= 0.6 is 0 Å². The van der Waals surface area contributed by atoms with Gasteiger partial charge < -0.3 is 4.42 Å². The molecule has 0 aromatic carbocycles. The van der Waals surface area contributed by atoms with Crippen LogP contribution in [0.4, 0.5) is 0 Å². The predicted molar refractivity (Wildman–Crippen MR) is 60.3 cm³/mol. The van der Waals surface area contributed by atoms with E-state index in [9.17, 15) is 9.00 Å². The minimum absolute atomic E-state index is 0.297. The van der Waals surface area contributed by atoms with Crippen molar-refractivity contribution in [2.45, 2.75) is 26.0 Å². The van der Waals surface area contributed by atoms with Gasteiger partial charge in [0.1, 0.15) is 5.76 Å². The van der Waals surface area contributed by atoms with Crippen molar-refractivity contribution in [3.8, 4) is 0 Å². The Bertz CT molecular complexity index is 343. The Labute approximate surface area is 92.3 Å². The summed E-state index contributed by atoms with van der Waals surface area (Å²) in [7, 11) is -0.899. The third-order valence-corrected chi connectivity index (χ3v) is 3.82. The van der Waals surface area contributed by atoms with E-state index in [2.05, 4.69) is 13.8 Å². The van der Waals surface area contributed by atoms with Crippen LogP contribution < -0.4 is 0 Å². The standard InChI is InChI=1S/C11H16O3S/c1-3-9(2)7-15(13)8-11-5-4-10(6-12)14-11/h4-6,9H,3,7-8H2,1-2H3. The lowest BCUT2D eigenvalue weighted by Gasteiger charge is -2.06. The second-order valence-electron chi connectivity index (χ2n) is 3.69. The molecule has 0 saturated heterocycles. The Morgan fingerprint density at radius 3 is 2.80 bits per heavy atom. The molecule has 0 radical (unpaired) electrons. The van der Waals surface area contributed by atoms with Crippen molar-refractivity contribution in [3.63, 3.8) is 0 Å². The maximum Gasteiger partial charge on any atom is 0.185 e. The lowest BCUT2D eigenvalue weighted by Crippen LogP contribution is -2.08. The normalized spacial score (nSPS) is 14.8. The van der Waals surface area contributed by atoms with E-state index >= 15 is 0 Å². The molecule has 0 spiro atoms. The van der Waals surface area contributed by atoms with E-state index in [1.807, 2.05) is 0 Å². The summed E-state index contributed by atoms with van der Waals surface area (Å²) in [5, 5.41) is 0. The first-order valence-corrected chi connectivity index (χ1v) is 6.53. The monoisotopic (exact) mass is 228 g/mol. The Kier molecular flexibility index (Phi) is 4.75. The third kappa shape index (κ3) is 4.00. The van der Waals surface area contributed by atoms with Crippen molar-refractivity contribution in [1.82, 2.24) is 0 Å². The zero-order valence-electron chi connectivity index (χ0n) is 9.06. The van der Waals surface area contributed by atoms with Gasteiger partial charge in [-0.2, -0.15) is 0 Å². The Balaban J connectivity index is 2.47. The van der Waals surface area contributed by atoms with E-state index in [-0.39, 0.29) is 0 Å². The molecule has 1 aromatic heterocycles. The summed E-state index contributed by atoms with van der Waals surface area (Å²) in [6.07, 6.45) is 1.69. The smallest absolute Gasteiger partial charge is 0.185 e. The summed E-state index contributed by atoms with van der Waals surface area (Å²) < 4.78 is 16.8. The Morgan fingerprint density at radius 1 is 1.53 bits per heavy atom. The van der Waals surface area contributed by atoms with E-state index in [0.29, 0.717) is 35.2 Å². The zero-order valence-corrected chi connectivity index (χ0v) is 9.88. The maximum atomic E-state index is 11.6. The highest BCUT2D eigenvalue weighted by atomic mass is 32.2. The summed E-state index contributed by atoms with van der Waals surface area (Å²) in [6, 6.07) is 3.31. The van der Waals surface area contributed by atoms with Crippen molar-refractivity contribution in [2.24, 2.45) is 5.92 Å². The molecule has 1 heterocycles. The summed E-state index contributed by atoms with van der Waals surface area (Å²) >= 11 is 0. The quantitative estimate of drug-likeness (QED) is 0.702. The second kappa shape index (κ2) is 5.85. The highest BCUT2D eigenvalue weighted by molar-refractivity contribution is 7.84. The molecule has 0 amide bonds. The highest BCUT2D eigenvalue weighted by Crippen LogP contribution is 2.11. The second-order valence-corrected chi connectivity index (χ2v) is 5.19. The fourth-order valence-corrected chi connectivity index (χ4v) is 2.65. The van der Waals surface area contributed by atoms with Gasteiger partial charge in [-0.15, -0.1) is 0 Å². The SMILES string of the molecule is CCC(C)CS(=O)Cc1ccc(C=O)o1. The van der Waals surface area contributed by atoms with Crippen LogP contribution in [0.5, 0.6) is 0 Å². The molecule has 4 heteroatoms. The molecule has 2 unspecified atom stereocenters. The molecule has 0 fully saturated rings. The average molecular weight is 228 g/mol. The average Bonchev–Trinajstić information content (AvgIpc) is 2.65. The van der Waals surface area contributed by atoms with Gasteiger partial charge in [0.25, 0.3) is 0 Å². The van der Waals surface area contributed by atoms with E-state index in [4.69, 9.17) is 4.42 Å². The predicted octanol–water partition coefficient (Wildman–Crippen LogP) is 2.39. The first-order valence-electron chi connectivity index (χ1n) is 5.04. The summed E-state index contributed by atoms with van der Waals surface area (Å²) in [6.45, 7) is 4.16. The first-order chi connectivity index (χ1) is 7.15. The van der Waals surface area contributed by atoms with Crippen molar-refractivity contribution < 1.29 is 13.4 Å². The van der Waals surface area contributed by atoms with E-state index in [1.165, 1.54) is 0 Å². The Morgan fingerprint density at radius 2 is 2.27 bits per heavy atom. The minimum Gasteiger partial charge on any atom is -0.457 e. The number of hydrogen-bond donors (Lipinski definition) is 0. The fourth-order valence-electron chi connectivity index (χ4n) is 1.19. The lowest BCUT2D eigenvalue weighted by molar-refractivity contribution is 0.109. The Hall–Kier alpha value is -0.900. The first kappa shape index (κ1) is 12.2. The molecule has 2 atom stereocenters. The molecule has 0 bridgehead atoms. The van der Waals surface area contributed by atoms with Crippen LogP contribution in [0.2, 0.25) is 0 Å². The number of carbonyl (C=O) groups excluding carboxylic acids is 1. The van der Waals surface area contributed by atoms with Gasteiger partial charge in [-0.25, -0.2) is 0 Å². The summed E-state index contributed by atoms with van der Waals surface area (Å²) in [4.78, 5) is 10.4. The number of rotatable bonds is 6. The maximum absolute atomic E-state index is 11.6. The molecule has 84 valence electrons. The summed E-state index contributed by atoms with van der Waals surface area (Å²) in [5.41, 5.74) is 0. The largest absolute Gasteiger partial charge is 0.457 e. The van der Waals surface area contributed by atoms with Gasteiger partial charge >= 0.3 is 0 Å². The zero-order chi connectivity index (χ0) is 11.3. The van der Waals surface area contributed by atoms with Crippen LogP contribution in [0.25, 0.3) is 0 Å². The molecule has 3 nitrogen and oxygen atoms in total. The number of hydrogen-bond acceptors (Lipinski definition) is 3. The molecule has 0 N–H and O–H groups in total. The van der Waals surface area contributed by atoms with Crippen LogP contribution in [0, 0.1) is 5.92 Å². The number of carbonyl (C=O) groups is 1. The number of furan rings is 1. The molecular weight excluding hydrogens is 212 g/mol. The van der Waals surface area contributed by atoms with Crippen LogP contribution in [0.1, 0.15) is 36.6 Å². The lowest BCUT2D eigenvalue weighted by atomic mass is 10.2. The molecule has 1 aromatic rings. The molecule has 15 heavy (non-hydrogen) atoms. The van der Waals surface area contributed by atoms with Crippen LogP contribution in [0.15, 0.2) is 16.5 Å². The van der Waals surface area contributed by atoms with Gasteiger partial charge in [0.2, 0.25) is 0 Å². The van der Waals surface area contributed by atoms with Crippen molar-refractivity contribution in [1.29, 1.82) is 0 Å². The van der Waals surface area contributed by atoms with Crippen LogP contribution in [-0.2, 0) is 16.6 Å². The van der Waals surface area contributed by atoms with Crippen LogP contribution in [-0.4, -0.2) is 16.2 Å². The molecular formula is C11H16O3S. The van der Waals surface area contributed by atoms with Gasteiger partial charge in [-0.3, -0.25) is 9.00 Å². The van der Waals surface area contributed by atoms with Crippen LogP contribution in [0.3, 0.4) is 0 Å². The molecule has 0 aliphatic carbocycles. The highest BCUT2D eigenvalue weighted by Gasteiger charge is 2.09. The van der Waals surface area contributed by atoms with Gasteiger partial charge in [0, 0.05) is 16.6 Å². The van der Waals surface area contributed by atoms with Crippen molar-refractivity contribution in [3.05, 3.63) is 23.7 Å². The van der Waals surface area contributed by atoms with Gasteiger partial charge in [-0.05, 0) is 18.1 Å². The minimum atomic E-state index is -0.899. The summed E-state index contributed by atoms with van der Waals surface area (Å²) in [5.74, 6) is 2.47. The molecule has 0 saturated carbocycles. The van der Waals surface area contributed by atoms with Crippen molar-refractivity contribution >= 4 is 17.1 Å². The fraction of sp³-hybridized carbons (Fsp3) is 0.545. The van der Waals surface area contributed by atoms with Gasteiger partial charge in [0.15, 0.2) is 12.0 Å². The molecule has 0 aliphatic rings. The van der Waals surface area contributed by atoms with E-state index in [0.717, 1.165) is 6.42 Å². The van der Waals surface area contributed by atoms with Crippen molar-refractivity contribution in [2.75, 3.05) is 5.75 Å². The third-order valence-electron chi connectivity index (χ3n) is 2.27. The molecule has 0 aliphatic heterocycles. The number of aldehydes is 1.